The minimum absolute atomic E-state index is 0.0536. The van der Waals surface area contributed by atoms with E-state index in [-0.39, 0.29) is 11.6 Å². The van der Waals surface area contributed by atoms with Crippen molar-refractivity contribution in [3.63, 3.8) is 0 Å². The minimum atomic E-state index is -0.691. The van der Waals surface area contributed by atoms with Crippen LogP contribution in [0.3, 0.4) is 0 Å². The standard InChI is InChI=1S/C24H22Cl2N2O2/c1-24(2,3)23(30)28-21(14-17-18(25)11-7-12-19(17)26)22(29)27-20-13-6-9-15-8-4-5-10-16(15)20/h4-14H,1-3H3,(H,27,29)(H,28,30)/b21-14+. The van der Waals surface area contributed by atoms with Crippen LogP contribution in [0.15, 0.2) is 66.4 Å². The van der Waals surface area contributed by atoms with Crippen LogP contribution in [0.5, 0.6) is 0 Å². The molecule has 0 aliphatic carbocycles. The van der Waals surface area contributed by atoms with Crippen molar-refractivity contribution in [1.82, 2.24) is 5.32 Å². The quantitative estimate of drug-likeness (QED) is 0.468. The van der Waals surface area contributed by atoms with Crippen molar-refractivity contribution < 1.29 is 9.59 Å². The molecule has 0 aliphatic heterocycles. The van der Waals surface area contributed by atoms with Crippen LogP contribution >= 0.6 is 23.2 Å². The van der Waals surface area contributed by atoms with Crippen molar-refractivity contribution in [2.45, 2.75) is 20.8 Å². The van der Waals surface area contributed by atoms with Gasteiger partial charge < -0.3 is 10.6 Å². The van der Waals surface area contributed by atoms with Gasteiger partial charge in [-0.3, -0.25) is 9.59 Å². The summed E-state index contributed by atoms with van der Waals surface area (Å²) in [5.74, 6) is -0.773. The second-order valence-electron chi connectivity index (χ2n) is 7.88. The van der Waals surface area contributed by atoms with E-state index in [0.717, 1.165) is 10.8 Å². The van der Waals surface area contributed by atoms with Gasteiger partial charge in [0, 0.05) is 32.1 Å². The summed E-state index contributed by atoms with van der Waals surface area (Å²) in [6.45, 7) is 5.31. The number of amides is 2. The minimum Gasteiger partial charge on any atom is -0.321 e. The molecule has 3 aromatic carbocycles. The summed E-state index contributed by atoms with van der Waals surface area (Å²) in [6.07, 6.45) is 1.49. The topological polar surface area (TPSA) is 58.2 Å². The lowest BCUT2D eigenvalue weighted by Crippen LogP contribution is -2.38. The highest BCUT2D eigenvalue weighted by Gasteiger charge is 2.24. The molecule has 2 N–H and O–H groups in total. The zero-order valence-electron chi connectivity index (χ0n) is 16.9. The second kappa shape index (κ2) is 8.90. The Balaban J connectivity index is 2.02. The van der Waals surface area contributed by atoms with Gasteiger partial charge in [0.25, 0.3) is 5.91 Å². The summed E-state index contributed by atoms with van der Waals surface area (Å²) in [4.78, 5) is 25.8. The molecule has 0 heterocycles. The van der Waals surface area contributed by atoms with Crippen molar-refractivity contribution in [2.75, 3.05) is 5.32 Å². The maximum Gasteiger partial charge on any atom is 0.272 e. The lowest BCUT2D eigenvalue weighted by Gasteiger charge is -2.20. The number of hydrogen-bond donors (Lipinski definition) is 2. The number of benzene rings is 3. The third kappa shape index (κ3) is 5.02. The maximum atomic E-state index is 13.2. The van der Waals surface area contributed by atoms with Crippen LogP contribution in [0.2, 0.25) is 10.0 Å². The van der Waals surface area contributed by atoms with E-state index in [1.54, 1.807) is 39.0 Å². The average molecular weight is 441 g/mol. The molecule has 0 bridgehead atoms. The third-order valence-electron chi connectivity index (χ3n) is 4.50. The molecule has 0 atom stereocenters. The highest BCUT2D eigenvalue weighted by molar-refractivity contribution is 6.37. The first-order valence-electron chi connectivity index (χ1n) is 9.43. The number of carbonyl (C=O) groups is 2. The van der Waals surface area contributed by atoms with Gasteiger partial charge in [-0.2, -0.15) is 0 Å². The predicted octanol–water partition coefficient (Wildman–Crippen LogP) is 6.29. The average Bonchev–Trinajstić information content (AvgIpc) is 2.69. The summed E-state index contributed by atoms with van der Waals surface area (Å²) in [5, 5.41) is 8.26. The van der Waals surface area contributed by atoms with E-state index in [0.29, 0.717) is 21.3 Å². The van der Waals surface area contributed by atoms with Crippen molar-refractivity contribution in [1.29, 1.82) is 0 Å². The van der Waals surface area contributed by atoms with E-state index in [1.165, 1.54) is 6.08 Å². The van der Waals surface area contributed by atoms with Crippen molar-refractivity contribution in [3.05, 3.63) is 82.0 Å². The number of hydrogen-bond acceptors (Lipinski definition) is 2. The smallest absolute Gasteiger partial charge is 0.272 e. The monoisotopic (exact) mass is 440 g/mol. The number of rotatable bonds is 4. The van der Waals surface area contributed by atoms with Crippen LogP contribution in [0.1, 0.15) is 26.3 Å². The molecular formula is C24H22Cl2N2O2. The zero-order chi connectivity index (χ0) is 21.9. The van der Waals surface area contributed by atoms with E-state index in [1.807, 2.05) is 42.5 Å². The van der Waals surface area contributed by atoms with E-state index >= 15 is 0 Å². The molecular weight excluding hydrogens is 419 g/mol. The van der Waals surface area contributed by atoms with Crippen LogP contribution < -0.4 is 10.6 Å². The van der Waals surface area contributed by atoms with E-state index in [2.05, 4.69) is 10.6 Å². The van der Waals surface area contributed by atoms with Crippen LogP contribution in [-0.4, -0.2) is 11.8 Å². The van der Waals surface area contributed by atoms with Crippen molar-refractivity contribution in [3.8, 4) is 0 Å². The Morgan fingerprint density at radius 3 is 2.13 bits per heavy atom. The Hall–Kier alpha value is -2.82. The number of carbonyl (C=O) groups excluding carboxylic acids is 2. The van der Waals surface area contributed by atoms with Gasteiger partial charge in [0.2, 0.25) is 5.91 Å². The van der Waals surface area contributed by atoms with E-state index in [4.69, 9.17) is 23.2 Å². The SMILES string of the molecule is CC(C)(C)C(=O)N/C(=C/c1c(Cl)cccc1Cl)C(=O)Nc1cccc2ccccc12. The molecule has 0 fully saturated rings. The molecule has 154 valence electrons. The molecule has 0 aromatic heterocycles. The molecule has 0 aliphatic rings. The molecule has 0 radical (unpaired) electrons. The molecule has 0 unspecified atom stereocenters. The molecule has 4 nitrogen and oxygen atoms in total. The molecule has 0 saturated heterocycles. The van der Waals surface area contributed by atoms with Gasteiger partial charge in [0.15, 0.2) is 0 Å². The first-order chi connectivity index (χ1) is 14.2. The highest BCUT2D eigenvalue weighted by atomic mass is 35.5. The van der Waals surface area contributed by atoms with Crippen molar-refractivity contribution in [2.24, 2.45) is 5.41 Å². The largest absolute Gasteiger partial charge is 0.321 e. The van der Waals surface area contributed by atoms with Crippen LogP contribution in [0, 0.1) is 5.41 Å². The summed E-state index contributed by atoms with van der Waals surface area (Å²) in [7, 11) is 0. The number of anilines is 1. The molecule has 6 heteroatoms. The molecule has 30 heavy (non-hydrogen) atoms. The first kappa shape index (κ1) is 21.9. The van der Waals surface area contributed by atoms with Crippen LogP contribution in [0.4, 0.5) is 5.69 Å². The highest BCUT2D eigenvalue weighted by Crippen LogP contribution is 2.28. The number of fused-ring (bicyclic) bond motifs is 1. The summed E-state index contributed by atoms with van der Waals surface area (Å²) >= 11 is 12.5. The van der Waals surface area contributed by atoms with Gasteiger partial charge in [0.1, 0.15) is 5.70 Å². The Kier molecular flexibility index (Phi) is 6.49. The summed E-state index contributed by atoms with van der Waals surface area (Å²) < 4.78 is 0. The Bertz CT molecular complexity index is 1120. The first-order valence-corrected chi connectivity index (χ1v) is 10.2. The van der Waals surface area contributed by atoms with Crippen molar-refractivity contribution >= 4 is 57.6 Å². The lowest BCUT2D eigenvalue weighted by molar-refractivity contribution is -0.128. The van der Waals surface area contributed by atoms with Gasteiger partial charge in [-0.05, 0) is 29.7 Å². The predicted molar refractivity (Wildman–Crippen MR) is 125 cm³/mol. The van der Waals surface area contributed by atoms with Gasteiger partial charge in [-0.25, -0.2) is 0 Å². The Labute approximate surface area is 185 Å². The summed E-state index contributed by atoms with van der Waals surface area (Å²) in [5.41, 5.74) is 0.457. The van der Waals surface area contributed by atoms with E-state index < -0.39 is 11.3 Å². The zero-order valence-corrected chi connectivity index (χ0v) is 18.4. The van der Waals surface area contributed by atoms with Gasteiger partial charge >= 0.3 is 0 Å². The number of nitrogens with one attached hydrogen (secondary N) is 2. The van der Waals surface area contributed by atoms with Gasteiger partial charge in [-0.15, -0.1) is 0 Å². The van der Waals surface area contributed by atoms with Crippen LogP contribution in [0.25, 0.3) is 16.8 Å². The lowest BCUT2D eigenvalue weighted by atomic mass is 9.95. The van der Waals surface area contributed by atoms with Gasteiger partial charge in [0.05, 0.1) is 0 Å². The third-order valence-corrected chi connectivity index (χ3v) is 5.16. The van der Waals surface area contributed by atoms with E-state index in [9.17, 15) is 9.59 Å². The molecule has 3 rings (SSSR count). The summed E-state index contributed by atoms with van der Waals surface area (Å²) in [6, 6.07) is 18.4. The fourth-order valence-corrected chi connectivity index (χ4v) is 3.29. The second-order valence-corrected chi connectivity index (χ2v) is 8.69. The molecule has 0 spiro atoms. The Morgan fingerprint density at radius 1 is 0.867 bits per heavy atom. The fraction of sp³-hybridized carbons (Fsp3) is 0.167. The fourth-order valence-electron chi connectivity index (χ4n) is 2.79. The molecule has 3 aromatic rings. The molecule has 2 amide bonds. The van der Waals surface area contributed by atoms with Crippen LogP contribution in [-0.2, 0) is 9.59 Å². The molecule has 0 saturated carbocycles. The maximum absolute atomic E-state index is 13.2. The normalized spacial score (nSPS) is 12.0. The number of halogens is 2. The Morgan fingerprint density at radius 2 is 1.47 bits per heavy atom. The van der Waals surface area contributed by atoms with Gasteiger partial charge in [-0.1, -0.05) is 86.4 Å².